The molecular weight excluding hydrogens is 296 g/mol. The average molecular weight is 315 g/mol. The summed E-state index contributed by atoms with van der Waals surface area (Å²) in [5, 5.41) is 3.72. The summed E-state index contributed by atoms with van der Waals surface area (Å²) in [6.45, 7) is 2.05. The third-order valence-corrected chi connectivity index (χ3v) is 4.40. The van der Waals surface area contributed by atoms with E-state index in [1.54, 1.807) is 7.11 Å². The van der Waals surface area contributed by atoms with Crippen molar-refractivity contribution < 1.29 is 9.53 Å². The molecule has 6 heteroatoms. The van der Waals surface area contributed by atoms with Gasteiger partial charge in [0.2, 0.25) is 0 Å². The Morgan fingerprint density at radius 1 is 1.40 bits per heavy atom. The summed E-state index contributed by atoms with van der Waals surface area (Å²) in [7, 11) is 1.63. The number of rotatable bonds is 4. The van der Waals surface area contributed by atoms with Crippen LogP contribution < -0.4 is 5.32 Å². The smallest absolute Gasteiger partial charge is 0.318 e. The van der Waals surface area contributed by atoms with Gasteiger partial charge in [-0.15, -0.1) is 0 Å². The van der Waals surface area contributed by atoms with E-state index < -0.39 is 0 Å². The van der Waals surface area contributed by atoms with Gasteiger partial charge >= 0.3 is 6.03 Å². The number of thioether (sulfide) groups is 1. The average Bonchev–Trinajstić information content (AvgIpc) is 2.48. The fraction of sp³-hybridized carbons (Fsp3) is 0.500. The largest absolute Gasteiger partial charge is 0.382 e. The molecular formula is C14H19ClN2O2S. The molecule has 1 aromatic carbocycles. The zero-order chi connectivity index (χ0) is 14.4. The number of nitrogens with zero attached hydrogens (tertiary/aromatic N) is 1. The van der Waals surface area contributed by atoms with Crippen LogP contribution in [0.2, 0.25) is 5.02 Å². The molecule has 4 nitrogen and oxygen atoms in total. The number of ether oxygens (including phenoxy) is 1. The van der Waals surface area contributed by atoms with Crippen LogP contribution in [0.4, 0.5) is 4.79 Å². The molecule has 1 aromatic rings. The van der Waals surface area contributed by atoms with Crippen molar-refractivity contribution in [2.75, 3.05) is 38.3 Å². The van der Waals surface area contributed by atoms with Gasteiger partial charge < -0.3 is 15.0 Å². The van der Waals surface area contributed by atoms with Crippen LogP contribution in [0.3, 0.4) is 0 Å². The van der Waals surface area contributed by atoms with E-state index in [9.17, 15) is 4.79 Å². The normalized spacial score (nSPS) is 16.8. The van der Waals surface area contributed by atoms with Gasteiger partial charge in [0.05, 0.1) is 12.6 Å². The maximum atomic E-state index is 12.2. The van der Waals surface area contributed by atoms with Gasteiger partial charge in [-0.05, 0) is 17.7 Å². The molecule has 1 heterocycles. The number of methoxy groups -OCH3 is 1. The van der Waals surface area contributed by atoms with Crippen molar-refractivity contribution in [3.8, 4) is 0 Å². The zero-order valence-electron chi connectivity index (χ0n) is 11.5. The van der Waals surface area contributed by atoms with Crippen molar-refractivity contribution in [2.24, 2.45) is 0 Å². The number of hydrogen-bond donors (Lipinski definition) is 1. The van der Waals surface area contributed by atoms with Crippen LogP contribution in [0.15, 0.2) is 24.3 Å². The summed E-state index contributed by atoms with van der Waals surface area (Å²) in [5.74, 6) is 2.01. The van der Waals surface area contributed by atoms with E-state index >= 15 is 0 Å². The first-order chi connectivity index (χ1) is 9.70. The highest BCUT2D eigenvalue weighted by atomic mass is 35.5. The second-order valence-electron chi connectivity index (χ2n) is 4.61. The highest BCUT2D eigenvalue weighted by Gasteiger charge is 2.20. The highest BCUT2D eigenvalue weighted by molar-refractivity contribution is 7.99. The Labute approximate surface area is 128 Å². The summed E-state index contributed by atoms with van der Waals surface area (Å²) in [5.41, 5.74) is 0.996. The van der Waals surface area contributed by atoms with Crippen molar-refractivity contribution in [3.05, 3.63) is 34.9 Å². The molecule has 0 unspecified atom stereocenters. The third kappa shape index (κ3) is 4.30. The highest BCUT2D eigenvalue weighted by Crippen LogP contribution is 2.18. The Morgan fingerprint density at radius 3 is 2.65 bits per heavy atom. The summed E-state index contributed by atoms with van der Waals surface area (Å²) >= 11 is 7.77. The number of benzene rings is 1. The monoisotopic (exact) mass is 314 g/mol. The van der Waals surface area contributed by atoms with Crippen LogP contribution in [0.1, 0.15) is 11.6 Å². The Kier molecular flexibility index (Phi) is 6.01. The second-order valence-corrected chi connectivity index (χ2v) is 6.27. The fourth-order valence-electron chi connectivity index (χ4n) is 2.09. The number of hydrogen-bond acceptors (Lipinski definition) is 3. The van der Waals surface area contributed by atoms with E-state index in [1.807, 2.05) is 40.9 Å². The molecule has 0 spiro atoms. The van der Waals surface area contributed by atoms with E-state index in [0.29, 0.717) is 11.6 Å². The molecule has 1 N–H and O–H groups in total. The maximum Gasteiger partial charge on any atom is 0.318 e. The summed E-state index contributed by atoms with van der Waals surface area (Å²) in [4.78, 5) is 14.1. The first-order valence-corrected chi connectivity index (χ1v) is 8.11. The van der Waals surface area contributed by atoms with Crippen molar-refractivity contribution in [3.63, 3.8) is 0 Å². The van der Waals surface area contributed by atoms with Gasteiger partial charge in [0.15, 0.2) is 0 Å². The molecule has 1 atom stereocenters. The second kappa shape index (κ2) is 7.76. The van der Waals surface area contributed by atoms with Gasteiger partial charge in [-0.2, -0.15) is 11.8 Å². The number of nitrogens with one attached hydrogen (secondary N) is 1. The summed E-state index contributed by atoms with van der Waals surface area (Å²) in [6, 6.07) is 7.30. The predicted molar refractivity (Wildman–Crippen MR) is 83.5 cm³/mol. The molecule has 2 rings (SSSR count). The fourth-order valence-corrected chi connectivity index (χ4v) is 3.12. The van der Waals surface area contributed by atoms with Crippen LogP contribution in [-0.4, -0.2) is 49.2 Å². The number of carbonyl (C=O) groups excluding carboxylic acids is 1. The Morgan fingerprint density at radius 2 is 2.05 bits per heavy atom. The Balaban J connectivity index is 2.01. The SMILES string of the molecule is COC[C@@H](NC(=O)N1CCSCC1)c1ccc(Cl)cc1. The molecule has 2 amide bonds. The minimum atomic E-state index is -0.153. The van der Waals surface area contributed by atoms with E-state index in [2.05, 4.69) is 5.32 Å². The van der Waals surface area contributed by atoms with Gasteiger partial charge in [-0.1, -0.05) is 23.7 Å². The minimum absolute atomic E-state index is 0.0256. The Hall–Kier alpha value is -0.910. The van der Waals surface area contributed by atoms with E-state index in [4.69, 9.17) is 16.3 Å². The van der Waals surface area contributed by atoms with Crippen molar-refractivity contribution >= 4 is 29.4 Å². The van der Waals surface area contributed by atoms with Crippen molar-refractivity contribution in [1.82, 2.24) is 10.2 Å². The molecule has 1 saturated heterocycles. The predicted octanol–water partition coefficient (Wildman–Crippen LogP) is 2.79. The molecule has 1 aliphatic heterocycles. The molecule has 1 aliphatic rings. The molecule has 1 fully saturated rings. The van der Waals surface area contributed by atoms with Crippen LogP contribution in [0.25, 0.3) is 0 Å². The molecule has 0 bridgehead atoms. The minimum Gasteiger partial charge on any atom is -0.382 e. The van der Waals surface area contributed by atoms with Crippen LogP contribution in [0, 0.1) is 0 Å². The summed E-state index contributed by atoms with van der Waals surface area (Å²) < 4.78 is 5.21. The molecule has 0 aromatic heterocycles. The number of urea groups is 1. The van der Waals surface area contributed by atoms with E-state index in [1.165, 1.54) is 0 Å². The lowest BCUT2D eigenvalue weighted by molar-refractivity contribution is 0.156. The van der Waals surface area contributed by atoms with Gasteiger partial charge in [-0.25, -0.2) is 4.79 Å². The molecule has 0 saturated carbocycles. The van der Waals surface area contributed by atoms with Gasteiger partial charge in [0.1, 0.15) is 0 Å². The number of halogens is 1. The maximum absolute atomic E-state index is 12.2. The topological polar surface area (TPSA) is 41.6 Å². The van der Waals surface area contributed by atoms with E-state index in [0.717, 1.165) is 30.2 Å². The lowest BCUT2D eigenvalue weighted by Gasteiger charge is -2.29. The van der Waals surface area contributed by atoms with Crippen molar-refractivity contribution in [1.29, 1.82) is 0 Å². The van der Waals surface area contributed by atoms with Crippen LogP contribution in [0.5, 0.6) is 0 Å². The van der Waals surface area contributed by atoms with E-state index in [-0.39, 0.29) is 12.1 Å². The summed E-state index contributed by atoms with van der Waals surface area (Å²) in [6.07, 6.45) is 0. The first kappa shape index (κ1) is 15.5. The number of amides is 2. The van der Waals surface area contributed by atoms with Gasteiger partial charge in [-0.3, -0.25) is 0 Å². The lowest BCUT2D eigenvalue weighted by atomic mass is 10.1. The van der Waals surface area contributed by atoms with Gasteiger partial charge in [0.25, 0.3) is 0 Å². The molecule has 20 heavy (non-hydrogen) atoms. The Bertz CT molecular complexity index is 435. The molecule has 0 aliphatic carbocycles. The lowest BCUT2D eigenvalue weighted by Crippen LogP contribution is -2.46. The zero-order valence-corrected chi connectivity index (χ0v) is 13.0. The standard InChI is InChI=1S/C14H19ClN2O2S/c1-19-10-13(11-2-4-12(15)5-3-11)16-14(18)17-6-8-20-9-7-17/h2-5,13H,6-10H2,1H3,(H,16,18)/t13-/m1/s1. The first-order valence-electron chi connectivity index (χ1n) is 6.58. The van der Waals surface area contributed by atoms with Crippen molar-refractivity contribution in [2.45, 2.75) is 6.04 Å². The van der Waals surface area contributed by atoms with Crippen LogP contribution in [-0.2, 0) is 4.74 Å². The molecule has 110 valence electrons. The quantitative estimate of drug-likeness (QED) is 0.929. The number of carbonyl (C=O) groups is 1. The van der Waals surface area contributed by atoms with Gasteiger partial charge in [0, 0.05) is 36.7 Å². The van der Waals surface area contributed by atoms with Crippen LogP contribution >= 0.6 is 23.4 Å². The molecule has 0 radical (unpaired) electrons. The third-order valence-electron chi connectivity index (χ3n) is 3.20.